The molecule has 4 N–H and O–H groups in total. The average molecular weight is 391 g/mol. The Morgan fingerprint density at radius 2 is 2.00 bits per heavy atom. The minimum atomic E-state index is -0.662. The van der Waals surface area contributed by atoms with E-state index >= 15 is 0 Å². The van der Waals surface area contributed by atoms with Crippen LogP contribution in [-0.2, 0) is 0 Å². The standard InChI is InChI=1S/C21H25N7O/c1-4-5-19(29)18-7-17(26-21(22)27-18)16-10-24-20-15(16)6-13(8-23-20)14-9-25-28(11-14)12(2)3/h6-12,19,29H,4-5H2,1-3H3,(H,23,24)(H2,22,26,27)/t19-/m0/s1. The molecule has 0 saturated heterocycles. The third-order valence-corrected chi connectivity index (χ3v) is 4.94. The fourth-order valence-electron chi connectivity index (χ4n) is 3.36. The number of aliphatic hydroxyl groups is 1. The number of aliphatic hydroxyl groups excluding tert-OH is 1. The van der Waals surface area contributed by atoms with Gasteiger partial charge in [-0.15, -0.1) is 0 Å². The maximum absolute atomic E-state index is 10.3. The van der Waals surface area contributed by atoms with E-state index in [1.807, 2.05) is 36.4 Å². The van der Waals surface area contributed by atoms with Crippen molar-refractivity contribution in [2.24, 2.45) is 0 Å². The van der Waals surface area contributed by atoms with Gasteiger partial charge in [-0.3, -0.25) is 4.68 Å². The molecule has 0 aliphatic carbocycles. The van der Waals surface area contributed by atoms with Gasteiger partial charge in [0.15, 0.2) is 0 Å². The molecule has 4 heterocycles. The van der Waals surface area contributed by atoms with Crippen LogP contribution in [0.4, 0.5) is 5.95 Å². The highest BCUT2D eigenvalue weighted by molar-refractivity contribution is 5.95. The number of pyridine rings is 1. The van der Waals surface area contributed by atoms with Gasteiger partial charge in [0, 0.05) is 46.7 Å². The molecule has 4 rings (SSSR count). The first-order chi connectivity index (χ1) is 14.0. The molecule has 0 amide bonds. The summed E-state index contributed by atoms with van der Waals surface area (Å²) < 4.78 is 1.92. The van der Waals surface area contributed by atoms with Crippen molar-refractivity contribution in [1.82, 2.24) is 29.7 Å². The Bertz CT molecular complexity index is 1150. The molecule has 0 spiro atoms. The molecule has 8 heteroatoms. The molecule has 4 aromatic heterocycles. The molecule has 0 bridgehead atoms. The summed E-state index contributed by atoms with van der Waals surface area (Å²) in [5.41, 5.74) is 10.7. The quantitative estimate of drug-likeness (QED) is 0.459. The Morgan fingerprint density at radius 1 is 1.17 bits per heavy atom. The van der Waals surface area contributed by atoms with Gasteiger partial charge in [-0.1, -0.05) is 13.3 Å². The monoisotopic (exact) mass is 391 g/mol. The minimum Gasteiger partial charge on any atom is -0.387 e. The van der Waals surface area contributed by atoms with E-state index in [1.165, 1.54) is 0 Å². The van der Waals surface area contributed by atoms with E-state index in [1.54, 1.807) is 6.07 Å². The smallest absolute Gasteiger partial charge is 0.220 e. The number of aromatic amines is 1. The van der Waals surface area contributed by atoms with Gasteiger partial charge < -0.3 is 15.8 Å². The van der Waals surface area contributed by atoms with Crippen molar-refractivity contribution >= 4 is 17.0 Å². The van der Waals surface area contributed by atoms with E-state index in [0.717, 1.165) is 34.1 Å². The van der Waals surface area contributed by atoms with E-state index in [4.69, 9.17) is 5.73 Å². The molecule has 0 saturated carbocycles. The first-order valence-corrected chi connectivity index (χ1v) is 9.80. The largest absolute Gasteiger partial charge is 0.387 e. The van der Waals surface area contributed by atoms with Crippen LogP contribution >= 0.6 is 0 Å². The first-order valence-electron chi connectivity index (χ1n) is 9.80. The number of hydrogen-bond acceptors (Lipinski definition) is 6. The van der Waals surface area contributed by atoms with Crippen LogP contribution in [0, 0.1) is 0 Å². The molecule has 0 aromatic carbocycles. The number of nitrogens with one attached hydrogen (secondary N) is 1. The molecule has 0 aliphatic heterocycles. The van der Waals surface area contributed by atoms with Gasteiger partial charge in [-0.25, -0.2) is 15.0 Å². The molecular formula is C21H25N7O. The zero-order valence-electron chi connectivity index (χ0n) is 16.8. The van der Waals surface area contributed by atoms with Gasteiger partial charge >= 0.3 is 0 Å². The zero-order valence-corrected chi connectivity index (χ0v) is 16.8. The molecule has 0 unspecified atom stereocenters. The van der Waals surface area contributed by atoms with Gasteiger partial charge in [0.1, 0.15) is 5.65 Å². The fraction of sp³-hybridized carbons (Fsp3) is 0.333. The lowest BCUT2D eigenvalue weighted by molar-refractivity contribution is 0.162. The summed E-state index contributed by atoms with van der Waals surface area (Å²) >= 11 is 0. The zero-order chi connectivity index (χ0) is 20.5. The van der Waals surface area contributed by atoms with Crippen LogP contribution in [0.25, 0.3) is 33.4 Å². The van der Waals surface area contributed by atoms with E-state index < -0.39 is 6.10 Å². The number of rotatable bonds is 6. The summed E-state index contributed by atoms with van der Waals surface area (Å²) in [4.78, 5) is 16.3. The lowest BCUT2D eigenvalue weighted by atomic mass is 10.1. The highest BCUT2D eigenvalue weighted by Crippen LogP contribution is 2.31. The van der Waals surface area contributed by atoms with E-state index in [2.05, 4.69) is 44.9 Å². The number of fused-ring (bicyclic) bond motifs is 1. The Morgan fingerprint density at radius 3 is 2.72 bits per heavy atom. The van der Waals surface area contributed by atoms with Gasteiger partial charge in [0.25, 0.3) is 0 Å². The van der Waals surface area contributed by atoms with E-state index in [0.29, 0.717) is 23.9 Å². The van der Waals surface area contributed by atoms with Crippen molar-refractivity contribution in [2.75, 3.05) is 5.73 Å². The van der Waals surface area contributed by atoms with E-state index in [-0.39, 0.29) is 5.95 Å². The van der Waals surface area contributed by atoms with Crippen LogP contribution in [0.15, 0.2) is 36.9 Å². The molecule has 4 aromatic rings. The normalized spacial score (nSPS) is 12.7. The Balaban J connectivity index is 1.78. The van der Waals surface area contributed by atoms with Crippen LogP contribution in [0.5, 0.6) is 0 Å². The summed E-state index contributed by atoms with van der Waals surface area (Å²) in [7, 11) is 0. The highest BCUT2D eigenvalue weighted by atomic mass is 16.3. The predicted molar refractivity (Wildman–Crippen MR) is 113 cm³/mol. The van der Waals surface area contributed by atoms with Crippen molar-refractivity contribution in [1.29, 1.82) is 0 Å². The van der Waals surface area contributed by atoms with Crippen LogP contribution in [-0.4, -0.2) is 34.8 Å². The molecular weight excluding hydrogens is 366 g/mol. The summed E-state index contributed by atoms with van der Waals surface area (Å²) in [5, 5.41) is 15.7. The second-order valence-electron chi connectivity index (χ2n) is 7.47. The lowest BCUT2D eigenvalue weighted by Crippen LogP contribution is -2.05. The topological polar surface area (TPSA) is 119 Å². The van der Waals surface area contributed by atoms with Gasteiger partial charge in [0.05, 0.1) is 23.7 Å². The molecule has 8 nitrogen and oxygen atoms in total. The second-order valence-corrected chi connectivity index (χ2v) is 7.47. The predicted octanol–water partition coefficient (Wildman–Crippen LogP) is 3.88. The minimum absolute atomic E-state index is 0.143. The first kappa shape index (κ1) is 19.1. The van der Waals surface area contributed by atoms with Crippen molar-refractivity contribution in [3.8, 4) is 22.4 Å². The van der Waals surface area contributed by atoms with Crippen LogP contribution in [0.1, 0.15) is 51.5 Å². The SMILES string of the molecule is CCC[C@H](O)c1cc(-c2c[nH]c3ncc(-c4cnn(C(C)C)c4)cc23)nc(N)n1. The molecule has 29 heavy (non-hydrogen) atoms. The average Bonchev–Trinajstić information content (AvgIpc) is 3.34. The molecule has 0 radical (unpaired) electrons. The van der Waals surface area contributed by atoms with Gasteiger partial charge in [-0.05, 0) is 32.4 Å². The number of aromatic nitrogens is 6. The number of nitrogens with two attached hydrogens (primary N) is 1. The van der Waals surface area contributed by atoms with Crippen molar-refractivity contribution in [3.05, 3.63) is 42.6 Å². The van der Waals surface area contributed by atoms with Gasteiger partial charge in [0.2, 0.25) is 5.95 Å². The molecule has 0 aliphatic rings. The summed E-state index contributed by atoms with van der Waals surface area (Å²) in [6.07, 6.45) is 8.36. The summed E-state index contributed by atoms with van der Waals surface area (Å²) in [5.74, 6) is 0.143. The summed E-state index contributed by atoms with van der Waals surface area (Å²) in [6.45, 7) is 6.20. The Labute approximate surface area is 168 Å². The van der Waals surface area contributed by atoms with Gasteiger partial charge in [-0.2, -0.15) is 5.10 Å². The van der Waals surface area contributed by atoms with Crippen molar-refractivity contribution < 1.29 is 5.11 Å². The van der Waals surface area contributed by atoms with Crippen LogP contribution in [0.2, 0.25) is 0 Å². The molecule has 1 atom stereocenters. The third-order valence-electron chi connectivity index (χ3n) is 4.94. The maximum Gasteiger partial charge on any atom is 0.220 e. The number of nitrogens with zero attached hydrogens (tertiary/aromatic N) is 5. The highest BCUT2D eigenvalue weighted by Gasteiger charge is 2.16. The number of H-pyrrole nitrogens is 1. The number of nitrogen functional groups attached to an aromatic ring is 1. The number of hydrogen-bond donors (Lipinski definition) is 3. The Kier molecular flexibility index (Phi) is 5.02. The molecule has 150 valence electrons. The lowest BCUT2D eigenvalue weighted by Gasteiger charge is -2.10. The van der Waals surface area contributed by atoms with Crippen LogP contribution in [0.3, 0.4) is 0 Å². The van der Waals surface area contributed by atoms with E-state index in [9.17, 15) is 5.11 Å². The maximum atomic E-state index is 10.3. The third kappa shape index (κ3) is 3.71. The van der Waals surface area contributed by atoms with Crippen LogP contribution < -0.4 is 5.73 Å². The fourth-order valence-corrected chi connectivity index (χ4v) is 3.36. The second kappa shape index (κ2) is 7.63. The molecule has 0 fully saturated rings. The summed E-state index contributed by atoms with van der Waals surface area (Å²) in [6, 6.07) is 4.15. The van der Waals surface area contributed by atoms with Crippen molar-refractivity contribution in [3.63, 3.8) is 0 Å². The Hall–Kier alpha value is -3.26. The van der Waals surface area contributed by atoms with Crippen molar-refractivity contribution in [2.45, 2.75) is 45.8 Å². The number of anilines is 1.